The van der Waals surface area contributed by atoms with Gasteiger partial charge in [-0.2, -0.15) is 0 Å². The van der Waals surface area contributed by atoms with Crippen LogP contribution < -0.4 is 10.2 Å². The smallest absolute Gasteiger partial charge is 0.132 e. The lowest BCUT2D eigenvalue weighted by Gasteiger charge is -2.31. The summed E-state index contributed by atoms with van der Waals surface area (Å²) < 4.78 is 0. The highest BCUT2D eigenvalue weighted by Crippen LogP contribution is 2.26. The Morgan fingerprint density at radius 2 is 2.00 bits per heavy atom. The van der Waals surface area contributed by atoms with Crippen LogP contribution in [0.25, 0.3) is 0 Å². The molecule has 1 N–H and O–H groups in total. The summed E-state index contributed by atoms with van der Waals surface area (Å²) >= 11 is 0. The minimum atomic E-state index is 0.434. The fraction of sp³-hybridized carbons (Fsp3) is 0.733. The lowest BCUT2D eigenvalue weighted by Crippen LogP contribution is -2.33. The zero-order valence-corrected chi connectivity index (χ0v) is 12.0. The van der Waals surface area contributed by atoms with Gasteiger partial charge in [-0.1, -0.05) is 6.92 Å². The largest absolute Gasteiger partial charge is 0.356 e. The van der Waals surface area contributed by atoms with Crippen LogP contribution in [0.15, 0.2) is 6.07 Å². The Kier molecular flexibility index (Phi) is 3.69. The molecule has 2 aliphatic heterocycles. The fourth-order valence-electron chi connectivity index (χ4n) is 3.09. The average Bonchev–Trinajstić information content (AvgIpc) is 2.93. The van der Waals surface area contributed by atoms with Gasteiger partial charge in [0.25, 0.3) is 0 Å². The first-order valence-corrected chi connectivity index (χ1v) is 7.56. The zero-order valence-electron chi connectivity index (χ0n) is 12.0. The third-order valence-corrected chi connectivity index (χ3v) is 4.37. The highest BCUT2D eigenvalue weighted by atomic mass is 15.2. The molecular formula is C15H24N4. The normalized spacial score (nSPS) is 24.9. The van der Waals surface area contributed by atoms with E-state index in [4.69, 9.17) is 0 Å². The number of rotatable bonds is 2. The van der Waals surface area contributed by atoms with Gasteiger partial charge in [0.1, 0.15) is 11.6 Å². The Hall–Kier alpha value is -1.16. The van der Waals surface area contributed by atoms with Gasteiger partial charge in [-0.3, -0.25) is 0 Å². The van der Waals surface area contributed by atoms with E-state index in [9.17, 15) is 0 Å². The molecule has 0 spiro atoms. The fourth-order valence-corrected chi connectivity index (χ4v) is 3.09. The van der Waals surface area contributed by atoms with Crippen molar-refractivity contribution >= 4 is 5.82 Å². The minimum absolute atomic E-state index is 0.434. The van der Waals surface area contributed by atoms with Crippen molar-refractivity contribution in [2.45, 2.75) is 45.6 Å². The Labute approximate surface area is 115 Å². The number of nitrogens with zero attached hydrogens (tertiary/aromatic N) is 3. The van der Waals surface area contributed by atoms with Crippen LogP contribution in [-0.2, 0) is 0 Å². The zero-order chi connectivity index (χ0) is 13.2. The van der Waals surface area contributed by atoms with Gasteiger partial charge in [-0.25, -0.2) is 9.97 Å². The summed E-state index contributed by atoms with van der Waals surface area (Å²) in [5.41, 5.74) is 1.18. The van der Waals surface area contributed by atoms with Crippen molar-refractivity contribution in [3.05, 3.63) is 17.6 Å². The molecule has 0 aliphatic carbocycles. The summed E-state index contributed by atoms with van der Waals surface area (Å²) in [6, 6.07) is 2.63. The summed E-state index contributed by atoms with van der Waals surface area (Å²) in [6.45, 7) is 7.74. The van der Waals surface area contributed by atoms with E-state index >= 15 is 0 Å². The maximum absolute atomic E-state index is 4.64. The highest BCUT2D eigenvalue weighted by Gasteiger charge is 2.22. The van der Waals surface area contributed by atoms with Crippen LogP contribution in [0.1, 0.15) is 50.2 Å². The molecule has 3 heterocycles. The summed E-state index contributed by atoms with van der Waals surface area (Å²) in [7, 11) is 0. The van der Waals surface area contributed by atoms with E-state index in [1.54, 1.807) is 0 Å². The molecule has 1 aromatic rings. The van der Waals surface area contributed by atoms with Crippen LogP contribution in [0.2, 0.25) is 0 Å². The number of hydrogen-bond acceptors (Lipinski definition) is 4. The maximum Gasteiger partial charge on any atom is 0.132 e. The molecule has 1 atom stereocenters. The molecule has 1 aromatic heterocycles. The van der Waals surface area contributed by atoms with E-state index < -0.39 is 0 Å². The van der Waals surface area contributed by atoms with Gasteiger partial charge in [-0.15, -0.1) is 0 Å². The van der Waals surface area contributed by atoms with Crippen molar-refractivity contribution in [1.82, 2.24) is 15.3 Å². The van der Waals surface area contributed by atoms with Crippen molar-refractivity contribution < 1.29 is 0 Å². The van der Waals surface area contributed by atoms with Crippen LogP contribution in [-0.4, -0.2) is 29.6 Å². The lowest BCUT2D eigenvalue weighted by molar-refractivity contribution is 0.436. The van der Waals surface area contributed by atoms with Crippen LogP contribution in [0.4, 0.5) is 5.82 Å². The van der Waals surface area contributed by atoms with Crippen molar-refractivity contribution in [2.75, 3.05) is 24.5 Å². The van der Waals surface area contributed by atoms with Gasteiger partial charge in [-0.05, 0) is 45.1 Å². The quantitative estimate of drug-likeness (QED) is 0.887. The van der Waals surface area contributed by atoms with E-state index in [0.717, 1.165) is 37.2 Å². The van der Waals surface area contributed by atoms with Crippen molar-refractivity contribution in [2.24, 2.45) is 5.92 Å². The lowest BCUT2D eigenvalue weighted by atomic mass is 9.99. The predicted octanol–water partition coefficient (Wildman–Crippen LogP) is 2.45. The van der Waals surface area contributed by atoms with Crippen LogP contribution in [0, 0.1) is 12.8 Å². The molecule has 0 unspecified atom stereocenters. The molecule has 4 nitrogen and oxygen atoms in total. The maximum atomic E-state index is 4.64. The number of nitrogens with one attached hydrogen (secondary N) is 1. The van der Waals surface area contributed by atoms with Crippen molar-refractivity contribution in [1.29, 1.82) is 0 Å². The first kappa shape index (κ1) is 12.9. The monoisotopic (exact) mass is 260 g/mol. The van der Waals surface area contributed by atoms with Gasteiger partial charge < -0.3 is 10.2 Å². The molecule has 3 rings (SSSR count). The molecule has 2 fully saturated rings. The van der Waals surface area contributed by atoms with Crippen LogP contribution in [0.3, 0.4) is 0 Å². The second-order valence-electron chi connectivity index (χ2n) is 6.02. The first-order chi connectivity index (χ1) is 9.22. The van der Waals surface area contributed by atoms with E-state index in [-0.39, 0.29) is 0 Å². The number of aromatic nitrogens is 2. The second kappa shape index (κ2) is 5.45. The van der Waals surface area contributed by atoms with Gasteiger partial charge in [0.05, 0.1) is 5.69 Å². The number of hydrogen-bond donors (Lipinski definition) is 1. The molecule has 2 aliphatic rings. The number of anilines is 1. The van der Waals surface area contributed by atoms with Crippen molar-refractivity contribution in [3.63, 3.8) is 0 Å². The summed E-state index contributed by atoms with van der Waals surface area (Å²) in [4.78, 5) is 11.7. The van der Waals surface area contributed by atoms with E-state index in [1.807, 2.05) is 6.92 Å². The molecule has 0 aromatic carbocycles. The Bertz CT molecular complexity index is 432. The number of piperidine rings is 1. The summed E-state index contributed by atoms with van der Waals surface area (Å²) in [5.74, 6) is 2.89. The van der Waals surface area contributed by atoms with Gasteiger partial charge in [0, 0.05) is 25.2 Å². The topological polar surface area (TPSA) is 41.1 Å². The summed E-state index contributed by atoms with van der Waals surface area (Å²) in [5, 5.41) is 3.53. The molecule has 19 heavy (non-hydrogen) atoms. The predicted molar refractivity (Wildman–Crippen MR) is 77.4 cm³/mol. The third kappa shape index (κ3) is 2.89. The molecule has 0 radical (unpaired) electrons. The standard InChI is InChI=1S/C15H24N4/c1-11-5-8-19(9-6-11)15-10-14(17-12(2)18-15)13-4-3-7-16-13/h10-11,13,16H,3-9H2,1-2H3/t13-/m1/s1. The number of aryl methyl sites for hydroxylation is 1. The highest BCUT2D eigenvalue weighted by molar-refractivity contribution is 5.41. The molecule has 0 saturated carbocycles. The Morgan fingerprint density at radius 1 is 1.21 bits per heavy atom. The van der Waals surface area contributed by atoms with Crippen LogP contribution in [0.5, 0.6) is 0 Å². The van der Waals surface area contributed by atoms with E-state index in [2.05, 4.69) is 33.2 Å². The Morgan fingerprint density at radius 3 is 2.68 bits per heavy atom. The molecule has 0 bridgehead atoms. The molecule has 0 amide bonds. The van der Waals surface area contributed by atoms with Gasteiger partial charge in [0.2, 0.25) is 0 Å². The molecular weight excluding hydrogens is 236 g/mol. The third-order valence-electron chi connectivity index (χ3n) is 4.37. The molecule has 104 valence electrons. The minimum Gasteiger partial charge on any atom is -0.356 e. The molecule has 2 saturated heterocycles. The average molecular weight is 260 g/mol. The first-order valence-electron chi connectivity index (χ1n) is 7.56. The van der Waals surface area contributed by atoms with Gasteiger partial charge in [0.15, 0.2) is 0 Å². The SMILES string of the molecule is Cc1nc([C@H]2CCCN2)cc(N2CCC(C)CC2)n1. The Balaban J connectivity index is 1.80. The second-order valence-corrected chi connectivity index (χ2v) is 6.02. The van der Waals surface area contributed by atoms with Crippen molar-refractivity contribution in [3.8, 4) is 0 Å². The van der Waals surface area contributed by atoms with Gasteiger partial charge >= 0.3 is 0 Å². The molecule has 4 heteroatoms. The van der Waals surface area contributed by atoms with E-state index in [0.29, 0.717) is 6.04 Å². The summed E-state index contributed by atoms with van der Waals surface area (Å²) in [6.07, 6.45) is 5.01. The van der Waals surface area contributed by atoms with E-state index in [1.165, 1.54) is 31.4 Å². The van der Waals surface area contributed by atoms with Crippen LogP contribution >= 0.6 is 0 Å².